The molecule has 1 saturated heterocycles. The number of hydrogen-bond acceptors (Lipinski definition) is 7. The largest absolute Gasteiger partial charge is 0.394 e. The summed E-state index contributed by atoms with van der Waals surface area (Å²) in [6.07, 6.45) is -1.32. The lowest BCUT2D eigenvalue weighted by molar-refractivity contribution is -0.0431. The highest BCUT2D eigenvalue weighted by atomic mass is 35.5. The fourth-order valence-corrected chi connectivity index (χ4v) is 2.55. The van der Waals surface area contributed by atoms with E-state index < -0.39 is 29.4 Å². The van der Waals surface area contributed by atoms with Gasteiger partial charge in [-0.25, -0.2) is 4.98 Å². The van der Waals surface area contributed by atoms with E-state index in [1.54, 1.807) is 0 Å². The third-order valence-corrected chi connectivity index (χ3v) is 3.67. The number of nitrogen functional groups attached to an aromatic ring is 1. The number of aliphatic hydroxyl groups excluding tert-OH is 2. The highest BCUT2D eigenvalue weighted by Gasteiger charge is 2.43. The van der Waals surface area contributed by atoms with Gasteiger partial charge in [-0.05, 0) is 0 Å². The number of rotatable bonds is 2. The lowest BCUT2D eigenvalue weighted by atomic mass is 10.2. The van der Waals surface area contributed by atoms with Crippen LogP contribution in [-0.2, 0) is 4.74 Å². The third kappa shape index (κ3) is 1.86. The number of nitrogens with zero attached hydrogens (tertiary/aromatic N) is 3. The summed E-state index contributed by atoms with van der Waals surface area (Å²) in [5.74, 6) is -0.0624. The molecule has 0 bridgehead atoms. The SMILES string of the molecule is Nc1nc2c(ncn2[C@@H]2O[C@H](CO)[C@H](O)C2Cl)c(=O)[nH]1. The molecule has 1 aliphatic heterocycles. The number of nitrogens with two attached hydrogens (primary N) is 1. The van der Waals surface area contributed by atoms with Crippen LogP contribution in [-0.4, -0.2) is 53.9 Å². The first-order chi connectivity index (χ1) is 9.52. The van der Waals surface area contributed by atoms with Crippen LogP contribution in [0.4, 0.5) is 5.95 Å². The van der Waals surface area contributed by atoms with Crippen LogP contribution in [0.25, 0.3) is 11.2 Å². The van der Waals surface area contributed by atoms with Gasteiger partial charge in [0, 0.05) is 0 Å². The molecule has 1 unspecified atom stereocenters. The van der Waals surface area contributed by atoms with Gasteiger partial charge in [-0.3, -0.25) is 14.3 Å². The number of aliphatic hydroxyl groups is 2. The average molecular weight is 302 g/mol. The molecule has 10 heteroatoms. The molecule has 0 aromatic carbocycles. The van der Waals surface area contributed by atoms with E-state index >= 15 is 0 Å². The van der Waals surface area contributed by atoms with Crippen LogP contribution in [0.3, 0.4) is 0 Å². The van der Waals surface area contributed by atoms with Crippen molar-refractivity contribution < 1.29 is 14.9 Å². The molecular weight excluding hydrogens is 290 g/mol. The molecule has 2 aromatic rings. The predicted molar refractivity (Wildman–Crippen MR) is 69.2 cm³/mol. The zero-order valence-electron chi connectivity index (χ0n) is 10.1. The van der Waals surface area contributed by atoms with Crippen molar-refractivity contribution in [3.63, 3.8) is 0 Å². The molecule has 0 amide bonds. The number of alkyl halides is 1. The van der Waals surface area contributed by atoms with Crippen molar-refractivity contribution in [2.24, 2.45) is 0 Å². The Morgan fingerprint density at radius 3 is 3.00 bits per heavy atom. The smallest absolute Gasteiger partial charge is 0.280 e. The molecule has 4 atom stereocenters. The minimum absolute atomic E-state index is 0.0624. The standard InChI is InChI=1S/C10H12ClN5O4/c11-4-6(18)3(1-17)20-9(4)16-2-13-5-7(16)14-10(12)15-8(5)19/h2-4,6,9,17-18H,1H2,(H3,12,14,15,19)/t3-,4?,6+,9-/m1/s1. The minimum atomic E-state index is -1.04. The molecule has 0 aliphatic carbocycles. The van der Waals surface area contributed by atoms with Gasteiger partial charge >= 0.3 is 0 Å². The molecule has 1 aliphatic rings. The molecule has 2 aromatic heterocycles. The lowest BCUT2D eigenvalue weighted by Gasteiger charge is -2.15. The molecule has 1 fully saturated rings. The summed E-state index contributed by atoms with van der Waals surface area (Å²) in [6, 6.07) is 0. The monoisotopic (exact) mass is 301 g/mol. The number of anilines is 1. The van der Waals surface area contributed by atoms with E-state index in [1.165, 1.54) is 10.9 Å². The summed E-state index contributed by atoms with van der Waals surface area (Å²) in [4.78, 5) is 21.9. The van der Waals surface area contributed by atoms with Gasteiger partial charge in [0.15, 0.2) is 17.4 Å². The fourth-order valence-electron chi connectivity index (χ4n) is 2.21. The molecule has 0 radical (unpaired) electrons. The molecule has 0 spiro atoms. The first kappa shape index (κ1) is 13.3. The van der Waals surface area contributed by atoms with Crippen molar-refractivity contribution >= 4 is 28.7 Å². The predicted octanol–water partition coefficient (Wildman–Crippen LogP) is -1.44. The summed E-state index contributed by atoms with van der Waals surface area (Å²) in [7, 11) is 0. The van der Waals surface area contributed by atoms with Gasteiger partial charge in [-0.1, -0.05) is 0 Å². The van der Waals surface area contributed by atoms with Gasteiger partial charge < -0.3 is 20.7 Å². The van der Waals surface area contributed by atoms with Crippen LogP contribution >= 0.6 is 11.6 Å². The first-order valence-electron chi connectivity index (χ1n) is 5.83. The van der Waals surface area contributed by atoms with E-state index in [0.717, 1.165) is 0 Å². The third-order valence-electron chi connectivity index (χ3n) is 3.20. The number of halogens is 1. The van der Waals surface area contributed by atoms with E-state index in [-0.39, 0.29) is 23.7 Å². The number of fused-ring (bicyclic) bond motifs is 1. The van der Waals surface area contributed by atoms with Crippen LogP contribution in [0.2, 0.25) is 0 Å². The second kappa shape index (κ2) is 4.70. The molecular formula is C10H12ClN5O4. The summed E-state index contributed by atoms with van der Waals surface area (Å²) in [5, 5.41) is 18.1. The molecule has 3 rings (SSSR count). The number of H-pyrrole nitrogens is 1. The lowest BCUT2D eigenvalue weighted by Crippen LogP contribution is -2.29. The Hall–Kier alpha value is -1.68. The van der Waals surface area contributed by atoms with Crippen LogP contribution in [0.15, 0.2) is 11.1 Å². The number of ether oxygens (including phenoxy) is 1. The number of aromatic nitrogens is 4. The van der Waals surface area contributed by atoms with Gasteiger partial charge in [-0.15, -0.1) is 11.6 Å². The molecule has 3 heterocycles. The van der Waals surface area contributed by atoms with E-state index in [9.17, 15) is 9.90 Å². The summed E-state index contributed by atoms with van der Waals surface area (Å²) in [6.45, 7) is -0.371. The number of aromatic amines is 1. The first-order valence-corrected chi connectivity index (χ1v) is 6.27. The Kier molecular flexibility index (Phi) is 3.13. The topological polar surface area (TPSA) is 139 Å². The van der Waals surface area contributed by atoms with Crippen LogP contribution < -0.4 is 11.3 Å². The Balaban J connectivity index is 2.09. The van der Waals surface area contributed by atoms with Crippen molar-refractivity contribution in [2.45, 2.75) is 23.8 Å². The van der Waals surface area contributed by atoms with Crippen molar-refractivity contribution in [3.8, 4) is 0 Å². The minimum Gasteiger partial charge on any atom is -0.394 e. The van der Waals surface area contributed by atoms with Gasteiger partial charge in [0.25, 0.3) is 5.56 Å². The van der Waals surface area contributed by atoms with Crippen LogP contribution in [0.1, 0.15) is 6.23 Å². The Bertz CT molecular complexity index is 701. The van der Waals surface area contributed by atoms with Crippen LogP contribution in [0.5, 0.6) is 0 Å². The molecule has 0 saturated carbocycles. The second-order valence-corrected chi connectivity index (χ2v) is 4.96. The molecule has 9 nitrogen and oxygen atoms in total. The van der Waals surface area contributed by atoms with E-state index in [4.69, 9.17) is 27.2 Å². The number of hydrogen-bond donors (Lipinski definition) is 4. The van der Waals surface area contributed by atoms with E-state index in [1.807, 2.05) is 0 Å². The van der Waals surface area contributed by atoms with E-state index in [2.05, 4.69) is 15.0 Å². The summed E-state index contributed by atoms with van der Waals surface area (Å²) >= 11 is 6.09. The maximum Gasteiger partial charge on any atom is 0.280 e. The van der Waals surface area contributed by atoms with Gasteiger partial charge in [-0.2, -0.15) is 4.98 Å². The van der Waals surface area contributed by atoms with Crippen LogP contribution in [0, 0.1) is 0 Å². The maximum absolute atomic E-state index is 11.7. The normalized spacial score (nSPS) is 30.1. The van der Waals surface area contributed by atoms with Gasteiger partial charge in [0.1, 0.15) is 17.6 Å². The van der Waals surface area contributed by atoms with Crippen molar-refractivity contribution in [1.82, 2.24) is 19.5 Å². The van der Waals surface area contributed by atoms with Gasteiger partial charge in [0.05, 0.1) is 12.9 Å². The number of nitrogens with one attached hydrogen (secondary N) is 1. The average Bonchev–Trinajstić information content (AvgIpc) is 2.93. The Morgan fingerprint density at radius 1 is 1.60 bits per heavy atom. The second-order valence-electron chi connectivity index (χ2n) is 4.46. The maximum atomic E-state index is 11.7. The quantitative estimate of drug-likeness (QED) is 0.498. The zero-order valence-corrected chi connectivity index (χ0v) is 10.9. The van der Waals surface area contributed by atoms with E-state index in [0.29, 0.717) is 0 Å². The molecule has 20 heavy (non-hydrogen) atoms. The summed E-state index contributed by atoms with van der Waals surface area (Å²) in [5.41, 5.74) is 5.31. The molecule has 5 N–H and O–H groups in total. The fraction of sp³-hybridized carbons (Fsp3) is 0.500. The Morgan fingerprint density at radius 2 is 2.35 bits per heavy atom. The van der Waals surface area contributed by atoms with Crippen molar-refractivity contribution in [2.75, 3.05) is 12.3 Å². The highest BCUT2D eigenvalue weighted by molar-refractivity contribution is 6.21. The van der Waals surface area contributed by atoms with Crippen molar-refractivity contribution in [1.29, 1.82) is 0 Å². The summed E-state index contributed by atoms with van der Waals surface area (Å²) < 4.78 is 6.88. The number of imidazole rings is 1. The zero-order chi connectivity index (χ0) is 14.4. The van der Waals surface area contributed by atoms with Crippen molar-refractivity contribution in [3.05, 3.63) is 16.7 Å². The molecule has 108 valence electrons. The Labute approximate surface area is 117 Å². The highest BCUT2D eigenvalue weighted by Crippen LogP contribution is 2.34. The van der Waals surface area contributed by atoms with Gasteiger partial charge in [0.2, 0.25) is 5.95 Å².